The van der Waals surface area contributed by atoms with Gasteiger partial charge in [0.15, 0.2) is 9.84 Å². The van der Waals surface area contributed by atoms with Crippen molar-refractivity contribution in [2.24, 2.45) is 0 Å². The number of benzene rings is 1. The Morgan fingerprint density at radius 1 is 1.40 bits per heavy atom. The number of sulfone groups is 1. The molecule has 1 aliphatic heterocycles. The highest BCUT2D eigenvalue weighted by Crippen LogP contribution is 2.28. The molecule has 1 heterocycles. The highest BCUT2D eigenvalue weighted by molar-refractivity contribution is 7.92. The van der Waals surface area contributed by atoms with Crippen molar-refractivity contribution in [2.75, 3.05) is 17.2 Å². The Hall–Kier alpha value is -1.19. The summed E-state index contributed by atoms with van der Waals surface area (Å²) >= 11 is 0. The van der Waals surface area contributed by atoms with Crippen LogP contribution in [0.4, 0.5) is 10.1 Å². The van der Waals surface area contributed by atoms with Gasteiger partial charge in [-0.2, -0.15) is 0 Å². The van der Waals surface area contributed by atoms with Crippen molar-refractivity contribution >= 4 is 25.5 Å². The lowest BCUT2D eigenvalue weighted by Crippen LogP contribution is -2.47. The second-order valence-corrected chi connectivity index (χ2v) is 8.97. The third-order valence-corrected chi connectivity index (χ3v) is 6.78. The number of nitrogen functional groups attached to an aromatic ring is 1. The molecule has 20 heavy (non-hydrogen) atoms. The molecule has 6 nitrogen and oxygen atoms in total. The zero-order valence-corrected chi connectivity index (χ0v) is 12.4. The van der Waals surface area contributed by atoms with E-state index < -0.39 is 36.1 Å². The van der Waals surface area contributed by atoms with Gasteiger partial charge in [0.2, 0.25) is 10.0 Å². The lowest BCUT2D eigenvalue weighted by atomic mass is 10.0. The summed E-state index contributed by atoms with van der Waals surface area (Å²) in [5.74, 6) is -1.38. The fourth-order valence-corrected chi connectivity index (χ4v) is 6.09. The van der Waals surface area contributed by atoms with E-state index in [4.69, 9.17) is 5.73 Å². The first-order valence-corrected chi connectivity index (χ1v) is 9.14. The van der Waals surface area contributed by atoms with Crippen molar-refractivity contribution in [1.29, 1.82) is 0 Å². The molecule has 1 atom stereocenters. The van der Waals surface area contributed by atoms with Crippen LogP contribution in [0.15, 0.2) is 23.1 Å². The normalized spacial score (nSPS) is 25.7. The van der Waals surface area contributed by atoms with E-state index in [0.717, 1.165) is 6.07 Å². The van der Waals surface area contributed by atoms with E-state index >= 15 is 0 Å². The Kier molecular flexibility index (Phi) is 3.55. The highest BCUT2D eigenvalue weighted by atomic mass is 32.2. The van der Waals surface area contributed by atoms with Crippen molar-refractivity contribution in [2.45, 2.75) is 23.8 Å². The van der Waals surface area contributed by atoms with Crippen molar-refractivity contribution in [3.8, 4) is 0 Å². The van der Waals surface area contributed by atoms with E-state index in [0.29, 0.717) is 0 Å². The molecule has 0 aromatic heterocycles. The molecule has 1 fully saturated rings. The van der Waals surface area contributed by atoms with E-state index in [9.17, 15) is 21.2 Å². The summed E-state index contributed by atoms with van der Waals surface area (Å²) in [7, 11) is -7.51. The monoisotopic (exact) mass is 322 g/mol. The first-order valence-electron chi connectivity index (χ1n) is 5.83. The van der Waals surface area contributed by atoms with E-state index in [1.807, 2.05) is 0 Å². The first-order chi connectivity index (χ1) is 9.05. The minimum absolute atomic E-state index is 0.0984. The second kappa shape index (κ2) is 4.68. The van der Waals surface area contributed by atoms with Gasteiger partial charge in [0.25, 0.3) is 0 Å². The largest absolute Gasteiger partial charge is 0.398 e. The standard InChI is InChI=1S/C11H15FN2O4S2/c1-11(5-6-19(15,16)7-11)14-20(17,18)10-8(12)3-2-4-9(10)13/h2-4,14H,5-7,13H2,1H3. The van der Waals surface area contributed by atoms with Crippen LogP contribution in [0, 0.1) is 5.82 Å². The lowest BCUT2D eigenvalue weighted by Gasteiger charge is -2.24. The molecule has 112 valence electrons. The fraction of sp³-hybridized carbons (Fsp3) is 0.455. The highest BCUT2D eigenvalue weighted by Gasteiger charge is 2.42. The number of nitrogens with one attached hydrogen (secondary N) is 1. The Labute approximate surface area is 117 Å². The molecule has 0 amide bonds. The van der Waals surface area contributed by atoms with Gasteiger partial charge < -0.3 is 5.73 Å². The van der Waals surface area contributed by atoms with Gasteiger partial charge in [0, 0.05) is 5.54 Å². The first kappa shape index (κ1) is 15.2. The molecule has 0 bridgehead atoms. The summed E-state index contributed by atoms with van der Waals surface area (Å²) in [6.45, 7) is 1.48. The Morgan fingerprint density at radius 2 is 2.05 bits per heavy atom. The molecule has 1 aromatic carbocycles. The van der Waals surface area contributed by atoms with Crippen LogP contribution in [0.1, 0.15) is 13.3 Å². The topological polar surface area (TPSA) is 106 Å². The minimum atomic E-state index is -4.23. The van der Waals surface area contributed by atoms with Crippen LogP contribution in [0.3, 0.4) is 0 Å². The maximum absolute atomic E-state index is 13.7. The third-order valence-electron chi connectivity index (χ3n) is 3.15. The number of anilines is 1. The van der Waals surface area contributed by atoms with Crippen LogP contribution in [0.5, 0.6) is 0 Å². The lowest BCUT2D eigenvalue weighted by molar-refractivity contribution is 0.459. The molecule has 0 spiro atoms. The summed E-state index contributed by atoms with van der Waals surface area (Å²) < 4.78 is 63.3. The van der Waals surface area contributed by atoms with Gasteiger partial charge in [-0.25, -0.2) is 25.9 Å². The van der Waals surface area contributed by atoms with Crippen LogP contribution < -0.4 is 10.5 Å². The van der Waals surface area contributed by atoms with Gasteiger partial charge >= 0.3 is 0 Å². The maximum Gasteiger partial charge on any atom is 0.246 e. The summed E-state index contributed by atoms with van der Waals surface area (Å²) in [5.41, 5.74) is 4.13. The number of hydrogen-bond donors (Lipinski definition) is 2. The summed E-state index contributed by atoms with van der Waals surface area (Å²) in [4.78, 5) is -0.648. The summed E-state index contributed by atoms with van der Waals surface area (Å²) in [5, 5.41) is 0. The molecule has 0 saturated carbocycles. The van der Waals surface area contributed by atoms with Gasteiger partial charge in [-0.1, -0.05) is 6.07 Å². The summed E-state index contributed by atoms with van der Waals surface area (Å²) in [6.07, 6.45) is 0.142. The molecule has 0 radical (unpaired) electrons. The van der Waals surface area contributed by atoms with Crippen molar-refractivity contribution in [3.63, 3.8) is 0 Å². The van der Waals surface area contributed by atoms with E-state index in [1.54, 1.807) is 0 Å². The van der Waals surface area contributed by atoms with Crippen LogP contribution in [0.25, 0.3) is 0 Å². The molecule has 2 rings (SSSR count). The SMILES string of the molecule is CC1(NS(=O)(=O)c2c(N)cccc2F)CCS(=O)(=O)C1. The van der Waals surface area contributed by atoms with Gasteiger partial charge in [-0.05, 0) is 25.5 Å². The smallest absolute Gasteiger partial charge is 0.246 e. The Bertz CT molecular complexity index is 725. The van der Waals surface area contributed by atoms with Crippen molar-refractivity contribution in [3.05, 3.63) is 24.0 Å². The minimum Gasteiger partial charge on any atom is -0.398 e. The third kappa shape index (κ3) is 2.94. The predicted molar refractivity (Wildman–Crippen MR) is 72.8 cm³/mol. The zero-order valence-electron chi connectivity index (χ0n) is 10.8. The molecule has 9 heteroatoms. The zero-order chi connectivity index (χ0) is 15.2. The quantitative estimate of drug-likeness (QED) is 0.777. The van der Waals surface area contributed by atoms with Crippen LogP contribution in [0.2, 0.25) is 0 Å². The predicted octanol–water partition coefficient (Wildman–Crippen LogP) is 0.263. The molecule has 1 saturated heterocycles. The fourth-order valence-electron chi connectivity index (χ4n) is 2.28. The van der Waals surface area contributed by atoms with Crippen LogP contribution in [-0.2, 0) is 19.9 Å². The Morgan fingerprint density at radius 3 is 2.55 bits per heavy atom. The molecule has 0 aliphatic carbocycles. The average molecular weight is 322 g/mol. The molecule has 3 N–H and O–H groups in total. The van der Waals surface area contributed by atoms with Crippen molar-refractivity contribution < 1.29 is 21.2 Å². The average Bonchev–Trinajstić information content (AvgIpc) is 2.50. The number of sulfonamides is 1. The summed E-state index contributed by atoms with van der Waals surface area (Å²) in [6, 6.07) is 3.55. The number of nitrogens with two attached hydrogens (primary N) is 1. The van der Waals surface area contributed by atoms with Crippen LogP contribution in [-0.4, -0.2) is 33.9 Å². The van der Waals surface area contributed by atoms with Crippen molar-refractivity contribution in [1.82, 2.24) is 4.72 Å². The van der Waals surface area contributed by atoms with Gasteiger partial charge in [0.05, 0.1) is 17.2 Å². The molecular weight excluding hydrogens is 307 g/mol. The molecule has 1 aliphatic rings. The van der Waals surface area contributed by atoms with E-state index in [2.05, 4.69) is 4.72 Å². The van der Waals surface area contributed by atoms with Gasteiger partial charge in [-0.3, -0.25) is 0 Å². The number of hydrogen-bond acceptors (Lipinski definition) is 5. The molecule has 1 aromatic rings. The molecule has 1 unspecified atom stereocenters. The van der Waals surface area contributed by atoms with Gasteiger partial charge in [-0.15, -0.1) is 0 Å². The Balaban J connectivity index is 2.38. The second-order valence-electron chi connectivity index (χ2n) is 5.17. The van der Waals surface area contributed by atoms with Gasteiger partial charge in [0.1, 0.15) is 10.7 Å². The van der Waals surface area contributed by atoms with E-state index in [-0.39, 0.29) is 23.6 Å². The molecular formula is C11H15FN2O4S2. The van der Waals surface area contributed by atoms with E-state index in [1.165, 1.54) is 19.1 Å². The number of rotatable bonds is 3. The van der Waals surface area contributed by atoms with Crippen LogP contribution >= 0.6 is 0 Å². The maximum atomic E-state index is 13.7. The number of halogens is 1.